The molecule has 178 valence electrons. The highest BCUT2D eigenvalue weighted by Gasteiger charge is 2.48. The average molecular weight is 484 g/mol. The molecule has 2 aliphatic heterocycles. The van der Waals surface area contributed by atoms with Gasteiger partial charge in [0.2, 0.25) is 5.91 Å². The van der Waals surface area contributed by atoms with Crippen molar-refractivity contribution in [3.8, 4) is 0 Å². The predicted molar refractivity (Wildman–Crippen MR) is 117 cm³/mol. The summed E-state index contributed by atoms with van der Waals surface area (Å²) in [6, 6.07) is 9.74. The topological polar surface area (TPSA) is 81.2 Å². The maximum absolute atomic E-state index is 12.9. The fourth-order valence-corrected chi connectivity index (χ4v) is 4.60. The van der Waals surface area contributed by atoms with Gasteiger partial charge in [-0.2, -0.15) is 24.5 Å². The van der Waals surface area contributed by atoms with Crippen molar-refractivity contribution in [1.82, 2.24) is 9.80 Å². The van der Waals surface area contributed by atoms with Crippen molar-refractivity contribution in [2.45, 2.75) is 25.1 Å². The minimum atomic E-state index is -5.08. The van der Waals surface area contributed by atoms with Gasteiger partial charge in [-0.3, -0.25) is 14.5 Å². The zero-order chi connectivity index (χ0) is 24.4. The fraction of sp³-hybridized carbons (Fsp3) is 0.409. The SMILES string of the molecule is Cc1ccc(C(=O)N2CCC3(C2)CN(c2ccsc2)C(=O)CN3C)cc1.O=C(O)C(F)(F)F. The Hall–Kier alpha value is -2.92. The van der Waals surface area contributed by atoms with E-state index < -0.39 is 12.1 Å². The van der Waals surface area contributed by atoms with Gasteiger partial charge in [0.15, 0.2) is 0 Å². The van der Waals surface area contributed by atoms with Gasteiger partial charge in [-0.1, -0.05) is 17.7 Å². The number of carbonyl (C=O) groups is 3. The molecule has 2 aliphatic rings. The van der Waals surface area contributed by atoms with Gasteiger partial charge in [-0.25, -0.2) is 4.79 Å². The Bertz CT molecular complexity index is 1010. The molecule has 2 amide bonds. The number of likely N-dealkylation sites (N-methyl/N-ethyl adjacent to an activating group) is 1. The number of thiophene rings is 1. The lowest BCUT2D eigenvalue weighted by Gasteiger charge is -2.46. The molecule has 2 aromatic rings. The summed E-state index contributed by atoms with van der Waals surface area (Å²) in [5.74, 6) is -2.55. The van der Waals surface area contributed by atoms with Crippen LogP contribution < -0.4 is 4.90 Å². The molecule has 0 aliphatic carbocycles. The van der Waals surface area contributed by atoms with Crippen LogP contribution in [0.4, 0.5) is 18.9 Å². The molecular weight excluding hydrogens is 459 g/mol. The van der Waals surface area contributed by atoms with Crippen molar-refractivity contribution in [3.05, 3.63) is 52.2 Å². The van der Waals surface area contributed by atoms with Gasteiger partial charge in [0.05, 0.1) is 17.8 Å². The molecule has 3 heterocycles. The van der Waals surface area contributed by atoms with E-state index in [0.29, 0.717) is 19.6 Å². The van der Waals surface area contributed by atoms with Gasteiger partial charge in [-0.05, 0) is 44.0 Å². The number of aliphatic carboxylic acids is 1. The van der Waals surface area contributed by atoms with Gasteiger partial charge in [0, 0.05) is 30.6 Å². The van der Waals surface area contributed by atoms with Crippen molar-refractivity contribution in [2.24, 2.45) is 0 Å². The van der Waals surface area contributed by atoms with Crippen molar-refractivity contribution in [1.29, 1.82) is 0 Å². The van der Waals surface area contributed by atoms with E-state index in [1.54, 1.807) is 11.3 Å². The third-order valence-electron chi connectivity index (χ3n) is 5.91. The summed E-state index contributed by atoms with van der Waals surface area (Å²) >= 11 is 1.60. The van der Waals surface area contributed by atoms with E-state index in [1.165, 1.54) is 0 Å². The van der Waals surface area contributed by atoms with E-state index in [0.717, 1.165) is 29.8 Å². The van der Waals surface area contributed by atoms with Gasteiger partial charge in [0.25, 0.3) is 5.91 Å². The highest BCUT2D eigenvalue weighted by Crippen LogP contribution is 2.34. The lowest BCUT2D eigenvalue weighted by Crippen LogP contribution is -2.64. The second-order valence-electron chi connectivity index (χ2n) is 8.19. The van der Waals surface area contributed by atoms with Crippen molar-refractivity contribution in [3.63, 3.8) is 0 Å². The predicted octanol–water partition coefficient (Wildman–Crippen LogP) is 3.25. The average Bonchev–Trinajstić information content (AvgIpc) is 3.42. The van der Waals surface area contributed by atoms with Crippen LogP contribution in [0.2, 0.25) is 0 Å². The molecule has 33 heavy (non-hydrogen) atoms. The minimum absolute atomic E-state index is 0.0780. The molecule has 0 bridgehead atoms. The normalized spacial score (nSPS) is 21.2. The second kappa shape index (κ2) is 9.52. The molecule has 1 aromatic heterocycles. The van der Waals surface area contributed by atoms with Crippen molar-refractivity contribution >= 4 is 34.8 Å². The number of likely N-dealkylation sites (tertiary alicyclic amines) is 1. The monoisotopic (exact) mass is 483 g/mol. The largest absolute Gasteiger partial charge is 0.490 e. The number of nitrogens with zero attached hydrogens (tertiary/aromatic N) is 3. The lowest BCUT2D eigenvalue weighted by molar-refractivity contribution is -0.192. The molecule has 1 atom stereocenters. The highest BCUT2D eigenvalue weighted by atomic mass is 32.1. The van der Waals surface area contributed by atoms with E-state index in [1.807, 2.05) is 64.9 Å². The van der Waals surface area contributed by atoms with Crippen molar-refractivity contribution < 1.29 is 32.7 Å². The maximum atomic E-state index is 12.9. The number of carbonyl (C=O) groups excluding carboxylic acids is 2. The molecule has 4 rings (SSSR count). The number of anilines is 1. The van der Waals surface area contributed by atoms with E-state index >= 15 is 0 Å². The zero-order valence-electron chi connectivity index (χ0n) is 18.1. The number of carboxylic acid groups (broad SMARTS) is 1. The maximum Gasteiger partial charge on any atom is 0.490 e. The highest BCUT2D eigenvalue weighted by molar-refractivity contribution is 7.08. The first-order valence-corrected chi connectivity index (χ1v) is 11.1. The number of piperazine rings is 1. The third kappa shape index (κ3) is 5.53. The summed E-state index contributed by atoms with van der Waals surface area (Å²) in [6.07, 6.45) is -4.20. The Morgan fingerprint density at radius 1 is 1.12 bits per heavy atom. The van der Waals surface area contributed by atoms with E-state index in [2.05, 4.69) is 4.90 Å². The summed E-state index contributed by atoms with van der Waals surface area (Å²) in [5.41, 5.74) is 2.68. The Morgan fingerprint density at radius 2 is 1.76 bits per heavy atom. The number of hydrogen-bond donors (Lipinski definition) is 1. The second-order valence-corrected chi connectivity index (χ2v) is 8.97. The number of alkyl halides is 3. The number of benzene rings is 1. The zero-order valence-corrected chi connectivity index (χ0v) is 18.9. The summed E-state index contributed by atoms with van der Waals surface area (Å²) in [5, 5.41) is 11.1. The van der Waals surface area contributed by atoms with Crippen LogP contribution in [0.15, 0.2) is 41.1 Å². The molecule has 0 radical (unpaired) electrons. The first-order chi connectivity index (χ1) is 15.4. The minimum Gasteiger partial charge on any atom is -0.475 e. The quantitative estimate of drug-likeness (QED) is 0.709. The van der Waals surface area contributed by atoms with E-state index in [9.17, 15) is 22.8 Å². The number of halogens is 3. The summed E-state index contributed by atoms with van der Waals surface area (Å²) in [4.78, 5) is 40.3. The van der Waals surface area contributed by atoms with Gasteiger partial charge >= 0.3 is 12.1 Å². The fourth-order valence-electron chi connectivity index (χ4n) is 3.95. The molecule has 2 saturated heterocycles. The van der Waals surface area contributed by atoms with Crippen LogP contribution in [0.1, 0.15) is 22.3 Å². The van der Waals surface area contributed by atoms with Crippen molar-refractivity contribution in [2.75, 3.05) is 38.1 Å². The molecular formula is C22H24F3N3O4S. The van der Waals surface area contributed by atoms with Crippen LogP contribution in [-0.2, 0) is 9.59 Å². The first-order valence-electron chi connectivity index (χ1n) is 10.1. The Balaban J connectivity index is 0.000000383. The smallest absolute Gasteiger partial charge is 0.475 e. The van der Waals surface area contributed by atoms with Crippen LogP contribution >= 0.6 is 11.3 Å². The van der Waals surface area contributed by atoms with Gasteiger partial charge in [0.1, 0.15) is 0 Å². The first kappa shape index (κ1) is 24.7. The van der Waals surface area contributed by atoms with E-state index in [-0.39, 0.29) is 17.4 Å². The van der Waals surface area contributed by atoms with Gasteiger partial charge in [-0.15, -0.1) is 0 Å². The lowest BCUT2D eigenvalue weighted by atomic mass is 9.93. The number of carboxylic acids is 1. The Labute approximate surface area is 193 Å². The van der Waals surface area contributed by atoms with Crippen LogP contribution in [-0.4, -0.2) is 77.6 Å². The summed E-state index contributed by atoms with van der Waals surface area (Å²) < 4.78 is 31.7. The number of aryl methyl sites for hydroxylation is 1. The summed E-state index contributed by atoms with van der Waals surface area (Å²) in [6.45, 7) is 4.43. The molecule has 1 N–H and O–H groups in total. The number of rotatable bonds is 2. The van der Waals surface area contributed by atoms with Crippen LogP contribution in [0.3, 0.4) is 0 Å². The number of hydrogen-bond acceptors (Lipinski definition) is 5. The summed E-state index contributed by atoms with van der Waals surface area (Å²) in [7, 11) is 2.00. The van der Waals surface area contributed by atoms with Crippen LogP contribution in [0.25, 0.3) is 0 Å². The molecule has 7 nitrogen and oxygen atoms in total. The van der Waals surface area contributed by atoms with Crippen LogP contribution in [0, 0.1) is 6.92 Å². The van der Waals surface area contributed by atoms with Gasteiger partial charge < -0.3 is 14.9 Å². The molecule has 11 heteroatoms. The molecule has 1 aromatic carbocycles. The Morgan fingerprint density at radius 3 is 2.30 bits per heavy atom. The molecule has 0 saturated carbocycles. The standard InChI is InChI=1S/C20H23N3O2S.C2HF3O2/c1-15-3-5-16(6-4-15)19(25)22-9-8-20(13-22)14-23(17-7-10-26-12-17)18(24)11-21(20)2;3-2(4,5)1(6)7/h3-7,10,12H,8-9,11,13-14H2,1-2H3;(H,6,7). The molecule has 1 spiro atoms. The Kier molecular flexibility index (Phi) is 7.13. The molecule has 1 unspecified atom stereocenters. The van der Waals surface area contributed by atoms with Crippen LogP contribution in [0.5, 0.6) is 0 Å². The number of amides is 2. The van der Waals surface area contributed by atoms with E-state index in [4.69, 9.17) is 9.90 Å². The third-order valence-corrected chi connectivity index (χ3v) is 6.58. The molecule has 2 fully saturated rings.